The van der Waals surface area contributed by atoms with Crippen LogP contribution in [-0.4, -0.2) is 40.3 Å². The van der Waals surface area contributed by atoms with Gasteiger partial charge in [0.2, 0.25) is 5.91 Å². The topological polar surface area (TPSA) is 75.7 Å². The predicted molar refractivity (Wildman–Crippen MR) is 139 cm³/mol. The van der Waals surface area contributed by atoms with Gasteiger partial charge in [0.05, 0.1) is 17.7 Å². The molecule has 0 heterocycles. The lowest BCUT2D eigenvalue weighted by molar-refractivity contribution is -0.119. The Hall–Kier alpha value is -2.68. The molecule has 0 saturated heterocycles. The molecule has 0 unspecified atom stereocenters. The highest BCUT2D eigenvalue weighted by molar-refractivity contribution is 7.98. The monoisotopic (exact) mass is 518 g/mol. The minimum absolute atomic E-state index is 0.0968. The van der Waals surface area contributed by atoms with E-state index in [2.05, 4.69) is 5.32 Å². The minimum atomic E-state index is -3.97. The van der Waals surface area contributed by atoms with Crippen molar-refractivity contribution in [2.75, 3.05) is 30.3 Å². The molecule has 6 nitrogen and oxygen atoms in total. The van der Waals surface area contributed by atoms with E-state index in [-0.39, 0.29) is 17.3 Å². The molecule has 34 heavy (non-hydrogen) atoms. The Morgan fingerprint density at radius 2 is 1.82 bits per heavy atom. The highest BCUT2D eigenvalue weighted by Crippen LogP contribution is 2.27. The number of halogens is 1. The van der Waals surface area contributed by atoms with Crippen LogP contribution in [0.25, 0.3) is 0 Å². The zero-order valence-corrected chi connectivity index (χ0v) is 21.4. The maximum Gasteiger partial charge on any atom is 0.264 e. The summed E-state index contributed by atoms with van der Waals surface area (Å²) in [4.78, 5) is 12.8. The number of sulfonamides is 1. The number of methoxy groups -OCH3 is 1. The maximum atomic E-state index is 13.5. The van der Waals surface area contributed by atoms with Crippen molar-refractivity contribution in [1.82, 2.24) is 5.32 Å². The Labute approximate surface area is 210 Å². The van der Waals surface area contributed by atoms with Crippen LogP contribution >= 0.6 is 23.4 Å². The van der Waals surface area contributed by atoms with Gasteiger partial charge in [0.15, 0.2) is 0 Å². The lowest BCUT2D eigenvalue weighted by Crippen LogP contribution is -2.41. The number of thioether (sulfide) groups is 1. The van der Waals surface area contributed by atoms with Crippen molar-refractivity contribution in [2.24, 2.45) is 0 Å². The van der Waals surface area contributed by atoms with Crippen LogP contribution in [0.3, 0.4) is 0 Å². The largest absolute Gasteiger partial charge is 0.496 e. The molecule has 0 bridgehead atoms. The number of amides is 1. The summed E-state index contributed by atoms with van der Waals surface area (Å²) in [6, 6.07) is 20.9. The van der Waals surface area contributed by atoms with Gasteiger partial charge in [-0.15, -0.1) is 0 Å². The number of carbonyl (C=O) groups excluding carboxylic acids is 1. The van der Waals surface area contributed by atoms with Gasteiger partial charge in [0.25, 0.3) is 10.0 Å². The summed E-state index contributed by atoms with van der Waals surface area (Å²) < 4.78 is 33.3. The Bertz CT molecular complexity index is 1220. The summed E-state index contributed by atoms with van der Waals surface area (Å²) in [6.07, 6.45) is 0. The second kappa shape index (κ2) is 12.1. The fraction of sp³-hybridized carbons (Fsp3) is 0.240. The summed E-state index contributed by atoms with van der Waals surface area (Å²) in [7, 11) is -2.44. The molecule has 0 aromatic heterocycles. The van der Waals surface area contributed by atoms with Crippen LogP contribution in [0.2, 0.25) is 5.02 Å². The Balaban J connectivity index is 1.65. The van der Waals surface area contributed by atoms with Crippen LogP contribution < -0.4 is 14.4 Å². The van der Waals surface area contributed by atoms with E-state index < -0.39 is 10.0 Å². The number of carbonyl (C=O) groups is 1. The summed E-state index contributed by atoms with van der Waals surface area (Å²) >= 11 is 7.67. The number of anilines is 1. The van der Waals surface area contributed by atoms with Crippen molar-refractivity contribution in [3.05, 3.63) is 88.9 Å². The molecule has 0 saturated carbocycles. The van der Waals surface area contributed by atoms with Crippen molar-refractivity contribution in [1.29, 1.82) is 0 Å². The van der Waals surface area contributed by atoms with Crippen molar-refractivity contribution < 1.29 is 17.9 Å². The summed E-state index contributed by atoms with van der Waals surface area (Å²) in [5.41, 5.74) is 2.22. The molecule has 180 valence electrons. The Morgan fingerprint density at radius 3 is 2.50 bits per heavy atom. The maximum absolute atomic E-state index is 13.5. The number of hydrogen-bond acceptors (Lipinski definition) is 5. The quantitative estimate of drug-likeness (QED) is 0.365. The first-order chi connectivity index (χ1) is 16.3. The number of nitrogens with one attached hydrogen (secondary N) is 1. The third-order valence-corrected chi connectivity index (χ3v) is 8.05. The van der Waals surface area contributed by atoms with Gasteiger partial charge >= 0.3 is 0 Å². The van der Waals surface area contributed by atoms with Gasteiger partial charge in [-0.3, -0.25) is 9.10 Å². The second-order valence-corrected chi connectivity index (χ2v) is 10.9. The standard InChI is InChI=1S/C25H27ClN2O4S2/c1-19-15-23(11-12-24(19)32-2)34(30,31)28(22-9-4-3-5-10-22)17-25(29)27-13-14-33-18-20-7-6-8-21(26)16-20/h3-12,15-16H,13-14,17-18H2,1-2H3,(H,27,29). The van der Waals surface area contributed by atoms with E-state index in [9.17, 15) is 13.2 Å². The van der Waals surface area contributed by atoms with E-state index in [1.54, 1.807) is 61.2 Å². The normalized spacial score (nSPS) is 11.1. The predicted octanol–water partition coefficient (Wildman–Crippen LogP) is 4.90. The van der Waals surface area contributed by atoms with Crippen LogP contribution in [0.5, 0.6) is 5.75 Å². The zero-order valence-electron chi connectivity index (χ0n) is 19.0. The fourth-order valence-electron chi connectivity index (χ4n) is 3.31. The van der Waals surface area contributed by atoms with Crippen LogP contribution in [0.15, 0.2) is 77.7 Å². The zero-order chi connectivity index (χ0) is 24.6. The van der Waals surface area contributed by atoms with Gasteiger partial charge in [-0.1, -0.05) is 41.9 Å². The average molecular weight is 519 g/mol. The van der Waals surface area contributed by atoms with Gasteiger partial charge in [-0.05, 0) is 60.5 Å². The number of ether oxygens (including phenoxy) is 1. The van der Waals surface area contributed by atoms with Crippen molar-refractivity contribution in [2.45, 2.75) is 17.6 Å². The Morgan fingerprint density at radius 1 is 1.06 bits per heavy atom. The molecule has 0 spiro atoms. The number of aryl methyl sites for hydroxylation is 1. The number of para-hydroxylation sites is 1. The van der Waals surface area contributed by atoms with Crippen molar-refractivity contribution >= 4 is 45.0 Å². The first-order valence-corrected chi connectivity index (χ1v) is 13.6. The highest BCUT2D eigenvalue weighted by atomic mass is 35.5. The summed E-state index contributed by atoms with van der Waals surface area (Å²) in [6.45, 7) is 1.88. The molecule has 0 aliphatic rings. The van der Waals surface area contributed by atoms with E-state index in [4.69, 9.17) is 16.3 Å². The first-order valence-electron chi connectivity index (χ1n) is 10.6. The lowest BCUT2D eigenvalue weighted by atomic mass is 10.2. The first kappa shape index (κ1) is 25.9. The van der Waals surface area contributed by atoms with E-state index >= 15 is 0 Å². The molecule has 0 fully saturated rings. The number of rotatable bonds is 11. The third kappa shape index (κ3) is 6.91. The summed E-state index contributed by atoms with van der Waals surface area (Å²) in [5, 5.41) is 3.52. The van der Waals surface area contributed by atoms with Gasteiger partial charge in [-0.25, -0.2) is 8.42 Å². The molecule has 0 aliphatic heterocycles. The summed E-state index contributed by atoms with van der Waals surface area (Å²) in [5.74, 6) is 1.69. The molecule has 3 aromatic rings. The van der Waals surface area contributed by atoms with Crippen molar-refractivity contribution in [3.8, 4) is 5.75 Å². The molecule has 1 N–H and O–H groups in total. The SMILES string of the molecule is COc1ccc(S(=O)(=O)N(CC(=O)NCCSCc2cccc(Cl)c2)c2ccccc2)cc1C. The molecule has 1 amide bonds. The molecule has 0 aliphatic carbocycles. The number of hydrogen-bond donors (Lipinski definition) is 1. The Kier molecular flexibility index (Phi) is 9.27. The molecule has 3 aromatic carbocycles. The molecular formula is C25H27ClN2O4S2. The highest BCUT2D eigenvalue weighted by Gasteiger charge is 2.27. The van der Waals surface area contributed by atoms with Gasteiger partial charge in [0.1, 0.15) is 12.3 Å². The molecule has 9 heteroatoms. The number of nitrogens with zero attached hydrogens (tertiary/aromatic N) is 1. The van der Waals surface area contributed by atoms with Crippen molar-refractivity contribution in [3.63, 3.8) is 0 Å². The van der Waals surface area contributed by atoms with Crippen LogP contribution in [0, 0.1) is 6.92 Å². The van der Waals surface area contributed by atoms with E-state index in [0.717, 1.165) is 15.6 Å². The van der Waals surface area contributed by atoms with Gasteiger partial charge in [-0.2, -0.15) is 11.8 Å². The minimum Gasteiger partial charge on any atom is -0.496 e. The fourth-order valence-corrected chi connectivity index (χ4v) is 5.84. The van der Waals surface area contributed by atoms with E-state index in [0.29, 0.717) is 34.3 Å². The smallest absolute Gasteiger partial charge is 0.264 e. The molecule has 0 atom stereocenters. The van der Waals surface area contributed by atoms with Crippen LogP contribution in [-0.2, 0) is 20.6 Å². The lowest BCUT2D eigenvalue weighted by Gasteiger charge is -2.24. The van der Waals surface area contributed by atoms with Gasteiger partial charge in [0, 0.05) is 23.1 Å². The second-order valence-electron chi connectivity index (χ2n) is 7.51. The average Bonchev–Trinajstić information content (AvgIpc) is 2.82. The molecule has 0 radical (unpaired) electrons. The van der Waals surface area contributed by atoms with Crippen LogP contribution in [0.4, 0.5) is 5.69 Å². The van der Waals surface area contributed by atoms with Crippen LogP contribution in [0.1, 0.15) is 11.1 Å². The molecule has 3 rings (SSSR count). The van der Waals surface area contributed by atoms with E-state index in [1.807, 2.05) is 24.3 Å². The third-order valence-electron chi connectivity index (χ3n) is 5.01. The van der Waals surface area contributed by atoms with E-state index in [1.165, 1.54) is 13.2 Å². The number of benzene rings is 3. The van der Waals surface area contributed by atoms with Gasteiger partial charge < -0.3 is 10.1 Å². The molecular weight excluding hydrogens is 492 g/mol.